The molecule has 1 saturated carbocycles. The SMILES string of the molecule is CC(C(=O)N[C@H](C(=O)O)c1ccccc1)N1C(=O)NC2(CCCC2)C1=O. The number of hydrogen-bond acceptors (Lipinski definition) is 4. The summed E-state index contributed by atoms with van der Waals surface area (Å²) in [6.07, 6.45) is 2.80. The van der Waals surface area contributed by atoms with Crippen molar-refractivity contribution >= 4 is 23.8 Å². The molecule has 0 aromatic heterocycles. The first kappa shape index (κ1) is 17.9. The molecule has 2 aliphatic rings. The van der Waals surface area contributed by atoms with Crippen molar-refractivity contribution in [2.24, 2.45) is 0 Å². The lowest BCUT2D eigenvalue weighted by Gasteiger charge is -2.25. The second-order valence-electron chi connectivity index (χ2n) is 6.76. The zero-order valence-electron chi connectivity index (χ0n) is 14.4. The Hall–Kier alpha value is -2.90. The monoisotopic (exact) mass is 359 g/mol. The number of urea groups is 1. The molecule has 8 heteroatoms. The summed E-state index contributed by atoms with van der Waals surface area (Å²) in [7, 11) is 0. The highest BCUT2D eigenvalue weighted by Crippen LogP contribution is 2.35. The molecule has 1 aromatic carbocycles. The van der Waals surface area contributed by atoms with Crippen LogP contribution in [-0.2, 0) is 14.4 Å². The van der Waals surface area contributed by atoms with E-state index in [0.29, 0.717) is 18.4 Å². The van der Waals surface area contributed by atoms with Gasteiger partial charge >= 0.3 is 12.0 Å². The van der Waals surface area contributed by atoms with Crippen molar-refractivity contribution in [3.63, 3.8) is 0 Å². The average Bonchev–Trinajstić information content (AvgIpc) is 3.18. The van der Waals surface area contributed by atoms with Gasteiger partial charge in [-0.1, -0.05) is 43.2 Å². The van der Waals surface area contributed by atoms with Crippen LogP contribution in [0.1, 0.15) is 44.2 Å². The number of carboxylic acids is 1. The normalized spacial score (nSPS) is 20.7. The van der Waals surface area contributed by atoms with Crippen LogP contribution in [0.15, 0.2) is 30.3 Å². The Morgan fingerprint density at radius 3 is 2.38 bits per heavy atom. The topological polar surface area (TPSA) is 116 Å². The Labute approximate surface area is 150 Å². The lowest BCUT2D eigenvalue weighted by Crippen LogP contribution is -2.51. The molecule has 1 aliphatic heterocycles. The first-order chi connectivity index (χ1) is 12.4. The maximum absolute atomic E-state index is 12.7. The van der Waals surface area contributed by atoms with Crippen LogP contribution < -0.4 is 10.6 Å². The number of rotatable bonds is 5. The largest absolute Gasteiger partial charge is 0.479 e. The van der Waals surface area contributed by atoms with Crippen LogP contribution in [0.5, 0.6) is 0 Å². The first-order valence-corrected chi connectivity index (χ1v) is 8.60. The minimum absolute atomic E-state index is 0.407. The molecule has 0 bridgehead atoms. The molecule has 3 rings (SSSR count). The minimum Gasteiger partial charge on any atom is -0.479 e. The van der Waals surface area contributed by atoms with Gasteiger partial charge in [0.05, 0.1) is 0 Å². The third kappa shape index (κ3) is 3.02. The summed E-state index contributed by atoms with van der Waals surface area (Å²) in [5, 5.41) is 14.6. The fourth-order valence-electron chi connectivity index (χ4n) is 3.62. The second kappa shape index (κ2) is 6.78. The number of carbonyl (C=O) groups is 4. The molecule has 1 saturated heterocycles. The lowest BCUT2D eigenvalue weighted by molar-refractivity contribution is -0.143. The summed E-state index contributed by atoms with van der Waals surface area (Å²) < 4.78 is 0. The maximum atomic E-state index is 12.7. The van der Waals surface area contributed by atoms with Crippen LogP contribution in [0, 0.1) is 0 Å². The zero-order valence-corrected chi connectivity index (χ0v) is 14.4. The number of benzene rings is 1. The fraction of sp³-hybridized carbons (Fsp3) is 0.444. The summed E-state index contributed by atoms with van der Waals surface area (Å²) >= 11 is 0. The van der Waals surface area contributed by atoms with Gasteiger partial charge in [0.1, 0.15) is 11.6 Å². The van der Waals surface area contributed by atoms with Gasteiger partial charge in [-0.2, -0.15) is 0 Å². The Bertz CT molecular complexity index is 742. The van der Waals surface area contributed by atoms with Gasteiger partial charge in [-0.25, -0.2) is 14.5 Å². The molecule has 1 spiro atoms. The van der Waals surface area contributed by atoms with Gasteiger partial charge in [-0.05, 0) is 25.3 Å². The van der Waals surface area contributed by atoms with E-state index in [2.05, 4.69) is 10.6 Å². The van der Waals surface area contributed by atoms with E-state index in [4.69, 9.17) is 0 Å². The number of aliphatic carboxylic acids is 1. The molecule has 4 amide bonds. The van der Waals surface area contributed by atoms with Crippen molar-refractivity contribution in [3.8, 4) is 0 Å². The van der Waals surface area contributed by atoms with Gasteiger partial charge in [0, 0.05) is 0 Å². The molecule has 2 fully saturated rings. The van der Waals surface area contributed by atoms with E-state index in [1.54, 1.807) is 30.3 Å². The Balaban J connectivity index is 1.76. The number of imide groups is 1. The Morgan fingerprint density at radius 1 is 1.19 bits per heavy atom. The lowest BCUT2D eigenvalue weighted by atomic mass is 9.97. The minimum atomic E-state index is -1.26. The molecule has 1 heterocycles. The van der Waals surface area contributed by atoms with E-state index in [1.165, 1.54) is 6.92 Å². The quantitative estimate of drug-likeness (QED) is 0.683. The molecular weight excluding hydrogens is 338 g/mol. The molecule has 3 N–H and O–H groups in total. The van der Waals surface area contributed by atoms with Crippen molar-refractivity contribution in [1.82, 2.24) is 15.5 Å². The molecule has 26 heavy (non-hydrogen) atoms. The summed E-state index contributed by atoms with van der Waals surface area (Å²) in [4.78, 5) is 50.0. The van der Waals surface area contributed by atoms with Gasteiger partial charge in [0.2, 0.25) is 5.91 Å². The van der Waals surface area contributed by atoms with E-state index in [1.807, 2.05) is 0 Å². The first-order valence-electron chi connectivity index (χ1n) is 8.60. The van der Waals surface area contributed by atoms with Crippen LogP contribution in [0.2, 0.25) is 0 Å². The summed E-state index contributed by atoms with van der Waals surface area (Å²) in [6, 6.07) is 5.29. The van der Waals surface area contributed by atoms with Crippen molar-refractivity contribution in [1.29, 1.82) is 0 Å². The molecule has 138 valence electrons. The van der Waals surface area contributed by atoms with Crippen molar-refractivity contribution in [2.75, 3.05) is 0 Å². The van der Waals surface area contributed by atoms with Gasteiger partial charge in [0.15, 0.2) is 6.04 Å². The molecule has 1 aromatic rings. The van der Waals surface area contributed by atoms with Gasteiger partial charge in [-0.3, -0.25) is 9.59 Å². The molecular formula is C18H21N3O5. The Morgan fingerprint density at radius 2 is 1.81 bits per heavy atom. The summed E-state index contributed by atoms with van der Waals surface area (Å²) in [5.74, 6) is -2.32. The molecule has 8 nitrogen and oxygen atoms in total. The van der Waals surface area contributed by atoms with Crippen LogP contribution in [0.3, 0.4) is 0 Å². The number of nitrogens with zero attached hydrogens (tertiary/aromatic N) is 1. The van der Waals surface area contributed by atoms with Gasteiger partial charge in [0.25, 0.3) is 5.91 Å². The highest BCUT2D eigenvalue weighted by Gasteiger charge is 2.54. The molecule has 1 aliphatic carbocycles. The number of carbonyl (C=O) groups excluding carboxylic acids is 3. The zero-order chi connectivity index (χ0) is 18.9. The summed E-state index contributed by atoms with van der Waals surface area (Å²) in [6.45, 7) is 1.42. The second-order valence-corrected chi connectivity index (χ2v) is 6.76. The van der Waals surface area contributed by atoms with E-state index in [-0.39, 0.29) is 0 Å². The van der Waals surface area contributed by atoms with Crippen LogP contribution >= 0.6 is 0 Å². The number of nitrogens with one attached hydrogen (secondary N) is 2. The van der Waals surface area contributed by atoms with Crippen molar-refractivity contribution in [3.05, 3.63) is 35.9 Å². The third-order valence-corrected chi connectivity index (χ3v) is 5.08. The Kier molecular flexibility index (Phi) is 4.67. The van der Waals surface area contributed by atoms with Crippen LogP contribution in [0.25, 0.3) is 0 Å². The van der Waals surface area contributed by atoms with E-state index in [9.17, 15) is 24.3 Å². The number of carboxylic acid groups (broad SMARTS) is 1. The molecule has 0 radical (unpaired) electrons. The highest BCUT2D eigenvalue weighted by molar-refractivity contribution is 6.10. The van der Waals surface area contributed by atoms with E-state index in [0.717, 1.165) is 17.7 Å². The highest BCUT2D eigenvalue weighted by atomic mass is 16.4. The standard InChI is InChI=1S/C18H21N3O5/c1-11(21-16(25)18(20-17(21)26)9-5-6-10-18)14(22)19-13(15(23)24)12-7-3-2-4-8-12/h2-4,7-8,11,13H,5-6,9-10H2,1H3,(H,19,22)(H,20,26)(H,23,24)/t11?,13-/m0/s1. The van der Waals surface area contributed by atoms with Gasteiger partial charge < -0.3 is 15.7 Å². The average molecular weight is 359 g/mol. The predicted molar refractivity (Wildman–Crippen MR) is 91.0 cm³/mol. The summed E-state index contributed by atoms with van der Waals surface area (Å²) in [5.41, 5.74) is -0.498. The fourth-order valence-corrected chi connectivity index (χ4v) is 3.62. The van der Waals surface area contributed by atoms with Crippen LogP contribution in [-0.4, -0.2) is 45.4 Å². The molecule has 2 atom stereocenters. The van der Waals surface area contributed by atoms with Crippen molar-refractivity contribution < 1.29 is 24.3 Å². The van der Waals surface area contributed by atoms with E-state index < -0.39 is 41.4 Å². The van der Waals surface area contributed by atoms with Gasteiger partial charge in [-0.15, -0.1) is 0 Å². The third-order valence-electron chi connectivity index (χ3n) is 5.08. The number of hydrogen-bond donors (Lipinski definition) is 3. The maximum Gasteiger partial charge on any atom is 0.330 e. The molecule has 1 unspecified atom stereocenters. The number of amides is 4. The van der Waals surface area contributed by atoms with Crippen molar-refractivity contribution in [2.45, 2.75) is 50.2 Å². The smallest absolute Gasteiger partial charge is 0.330 e. The van der Waals surface area contributed by atoms with E-state index >= 15 is 0 Å². The predicted octanol–water partition coefficient (Wildman–Crippen LogP) is 1.18. The van der Waals surface area contributed by atoms with Crippen LogP contribution in [0.4, 0.5) is 4.79 Å².